The first kappa shape index (κ1) is 15.5. The van der Waals surface area contributed by atoms with Crippen molar-refractivity contribution in [3.8, 4) is 0 Å². The monoisotopic (exact) mass is 308 g/mol. The molecule has 1 N–H and O–H groups in total. The largest absolute Gasteiger partial charge is 0.378 e. The number of morpholine rings is 1. The van der Waals surface area contributed by atoms with E-state index in [1.807, 2.05) is 17.9 Å². The van der Waals surface area contributed by atoms with E-state index in [-0.39, 0.29) is 11.9 Å². The average molecular weight is 308 g/mol. The predicted octanol–water partition coefficient (Wildman–Crippen LogP) is 0.00572. The summed E-state index contributed by atoms with van der Waals surface area (Å²) in [5, 5.41) is 7.24. The van der Waals surface area contributed by atoms with Gasteiger partial charge in [0.15, 0.2) is 5.76 Å². The van der Waals surface area contributed by atoms with Gasteiger partial charge in [-0.05, 0) is 6.92 Å². The van der Waals surface area contributed by atoms with Crippen molar-refractivity contribution in [3.63, 3.8) is 0 Å². The number of aromatic nitrogens is 1. The van der Waals surface area contributed by atoms with Crippen molar-refractivity contribution in [3.05, 3.63) is 17.5 Å². The van der Waals surface area contributed by atoms with E-state index in [1.54, 1.807) is 0 Å². The number of amides is 1. The minimum Gasteiger partial charge on any atom is -0.378 e. The molecule has 1 amide bonds. The molecule has 2 saturated heterocycles. The second-order valence-corrected chi connectivity index (χ2v) is 6.02. The Bertz CT molecular complexity index is 491. The zero-order valence-electron chi connectivity index (χ0n) is 13.1. The lowest BCUT2D eigenvalue weighted by Crippen LogP contribution is -2.51. The smallest absolute Gasteiger partial charge is 0.224 e. The summed E-state index contributed by atoms with van der Waals surface area (Å²) < 4.78 is 10.6. The first-order valence-electron chi connectivity index (χ1n) is 7.94. The van der Waals surface area contributed by atoms with Crippen LogP contribution in [0.4, 0.5) is 0 Å². The van der Waals surface area contributed by atoms with Crippen LogP contribution < -0.4 is 5.32 Å². The molecular formula is C15H24N4O3. The van der Waals surface area contributed by atoms with Crippen LogP contribution in [0.5, 0.6) is 0 Å². The molecule has 2 fully saturated rings. The maximum Gasteiger partial charge on any atom is 0.224 e. The minimum absolute atomic E-state index is 0.163. The minimum atomic E-state index is 0.163. The number of hydrogen-bond donors (Lipinski definition) is 1. The van der Waals surface area contributed by atoms with Gasteiger partial charge in [0.1, 0.15) is 0 Å². The van der Waals surface area contributed by atoms with E-state index in [4.69, 9.17) is 9.26 Å². The number of nitrogens with one attached hydrogen (secondary N) is 1. The van der Waals surface area contributed by atoms with Crippen molar-refractivity contribution in [1.29, 1.82) is 0 Å². The molecule has 2 aliphatic rings. The molecule has 0 spiro atoms. The molecule has 122 valence electrons. The highest BCUT2D eigenvalue weighted by molar-refractivity contribution is 5.77. The number of carbonyl (C=O) groups is 1. The summed E-state index contributed by atoms with van der Waals surface area (Å²) in [6.45, 7) is 8.20. The summed E-state index contributed by atoms with van der Waals surface area (Å²) in [5.74, 6) is 1.11. The summed E-state index contributed by atoms with van der Waals surface area (Å²) >= 11 is 0. The number of rotatable bonds is 4. The lowest BCUT2D eigenvalue weighted by molar-refractivity contribution is -0.134. The molecule has 1 aromatic rings. The van der Waals surface area contributed by atoms with Crippen LogP contribution in [0.1, 0.15) is 17.9 Å². The standard InChI is InChI=1S/C15H24N4O3/c1-12-8-14(22-17-12)10-18-3-5-19(6-4-18)15(20)9-13-11-21-7-2-16-13/h8,13,16H,2-7,9-11H2,1H3. The van der Waals surface area contributed by atoms with Gasteiger partial charge in [0.05, 0.1) is 25.5 Å². The van der Waals surface area contributed by atoms with Crippen LogP contribution in [0.3, 0.4) is 0 Å². The Balaban J connectivity index is 1.41. The zero-order chi connectivity index (χ0) is 15.4. The Labute approximate surface area is 130 Å². The van der Waals surface area contributed by atoms with Crippen molar-refractivity contribution in [2.45, 2.75) is 25.9 Å². The molecule has 7 nitrogen and oxygen atoms in total. The first-order chi connectivity index (χ1) is 10.7. The highest BCUT2D eigenvalue weighted by atomic mass is 16.5. The highest BCUT2D eigenvalue weighted by Crippen LogP contribution is 2.11. The fourth-order valence-corrected chi connectivity index (χ4v) is 2.96. The van der Waals surface area contributed by atoms with Crippen molar-refractivity contribution >= 4 is 5.91 Å². The molecule has 0 bridgehead atoms. The maximum absolute atomic E-state index is 12.3. The number of piperazine rings is 1. The van der Waals surface area contributed by atoms with Crippen LogP contribution in [0.25, 0.3) is 0 Å². The Kier molecular flexibility index (Phi) is 5.07. The Morgan fingerprint density at radius 3 is 2.86 bits per heavy atom. The van der Waals surface area contributed by atoms with Crippen molar-refractivity contribution in [1.82, 2.24) is 20.3 Å². The van der Waals surface area contributed by atoms with E-state index in [2.05, 4.69) is 15.4 Å². The number of hydrogen-bond acceptors (Lipinski definition) is 6. The van der Waals surface area contributed by atoms with E-state index >= 15 is 0 Å². The van der Waals surface area contributed by atoms with Crippen LogP contribution in [-0.2, 0) is 16.1 Å². The van der Waals surface area contributed by atoms with Crippen LogP contribution in [0.15, 0.2) is 10.6 Å². The van der Waals surface area contributed by atoms with Gasteiger partial charge in [-0.2, -0.15) is 0 Å². The van der Waals surface area contributed by atoms with Crippen LogP contribution in [0.2, 0.25) is 0 Å². The van der Waals surface area contributed by atoms with Gasteiger partial charge >= 0.3 is 0 Å². The van der Waals surface area contributed by atoms with E-state index in [0.717, 1.165) is 57.3 Å². The van der Waals surface area contributed by atoms with Gasteiger partial charge in [0.2, 0.25) is 5.91 Å². The third-order valence-electron chi connectivity index (χ3n) is 4.20. The topological polar surface area (TPSA) is 70.8 Å². The van der Waals surface area contributed by atoms with Crippen molar-refractivity contribution < 1.29 is 14.1 Å². The fourth-order valence-electron chi connectivity index (χ4n) is 2.96. The average Bonchev–Trinajstić information content (AvgIpc) is 2.94. The van der Waals surface area contributed by atoms with Gasteiger partial charge in [0, 0.05) is 51.3 Å². The van der Waals surface area contributed by atoms with Crippen LogP contribution in [0, 0.1) is 6.92 Å². The van der Waals surface area contributed by atoms with Gasteiger partial charge in [-0.3, -0.25) is 9.69 Å². The Morgan fingerprint density at radius 2 is 2.23 bits per heavy atom. The van der Waals surface area contributed by atoms with E-state index in [1.165, 1.54) is 0 Å². The Morgan fingerprint density at radius 1 is 1.41 bits per heavy atom. The SMILES string of the molecule is Cc1cc(CN2CCN(C(=O)CC3COCCN3)CC2)on1. The third-order valence-corrected chi connectivity index (χ3v) is 4.20. The van der Waals surface area contributed by atoms with Gasteiger partial charge in [-0.1, -0.05) is 5.16 Å². The summed E-state index contributed by atoms with van der Waals surface area (Å²) in [4.78, 5) is 16.6. The molecule has 22 heavy (non-hydrogen) atoms. The second-order valence-electron chi connectivity index (χ2n) is 6.02. The molecule has 0 saturated carbocycles. The molecular weight excluding hydrogens is 284 g/mol. The molecule has 1 aromatic heterocycles. The van der Waals surface area contributed by atoms with E-state index in [9.17, 15) is 4.79 Å². The summed E-state index contributed by atoms with van der Waals surface area (Å²) in [5.41, 5.74) is 0.908. The van der Waals surface area contributed by atoms with E-state index < -0.39 is 0 Å². The number of aryl methyl sites for hydroxylation is 1. The summed E-state index contributed by atoms with van der Waals surface area (Å²) in [6, 6.07) is 2.13. The molecule has 7 heteroatoms. The number of carbonyl (C=O) groups excluding carboxylic acids is 1. The van der Waals surface area contributed by atoms with Gasteiger partial charge in [-0.25, -0.2) is 0 Å². The normalized spacial score (nSPS) is 23.7. The lowest BCUT2D eigenvalue weighted by atomic mass is 10.1. The number of nitrogens with zero attached hydrogens (tertiary/aromatic N) is 3. The fraction of sp³-hybridized carbons (Fsp3) is 0.733. The quantitative estimate of drug-likeness (QED) is 0.845. The van der Waals surface area contributed by atoms with Gasteiger partial charge in [0.25, 0.3) is 0 Å². The van der Waals surface area contributed by atoms with Crippen molar-refractivity contribution in [2.24, 2.45) is 0 Å². The molecule has 3 rings (SSSR count). The molecule has 0 aromatic carbocycles. The summed E-state index contributed by atoms with van der Waals surface area (Å²) in [6.07, 6.45) is 0.529. The van der Waals surface area contributed by atoms with Crippen molar-refractivity contribution in [2.75, 3.05) is 45.9 Å². The first-order valence-corrected chi connectivity index (χ1v) is 7.94. The molecule has 1 unspecified atom stereocenters. The lowest BCUT2D eigenvalue weighted by Gasteiger charge is -2.35. The Hall–Kier alpha value is -1.44. The van der Waals surface area contributed by atoms with Crippen LogP contribution >= 0.6 is 0 Å². The predicted molar refractivity (Wildman–Crippen MR) is 80.3 cm³/mol. The molecule has 1 atom stereocenters. The molecule has 0 radical (unpaired) electrons. The molecule has 3 heterocycles. The molecule has 2 aliphatic heterocycles. The zero-order valence-corrected chi connectivity index (χ0v) is 13.1. The number of ether oxygens (including phenoxy) is 1. The third kappa shape index (κ3) is 4.06. The van der Waals surface area contributed by atoms with Crippen LogP contribution in [-0.4, -0.2) is 72.8 Å². The highest BCUT2D eigenvalue weighted by Gasteiger charge is 2.25. The van der Waals surface area contributed by atoms with Gasteiger partial charge in [-0.15, -0.1) is 0 Å². The van der Waals surface area contributed by atoms with Gasteiger partial charge < -0.3 is 19.5 Å². The summed E-state index contributed by atoms with van der Waals surface area (Å²) in [7, 11) is 0. The second kappa shape index (κ2) is 7.21. The van der Waals surface area contributed by atoms with E-state index in [0.29, 0.717) is 13.0 Å². The maximum atomic E-state index is 12.3. The molecule has 0 aliphatic carbocycles.